The van der Waals surface area contributed by atoms with Crippen molar-refractivity contribution in [2.24, 2.45) is 283 Å². The van der Waals surface area contributed by atoms with Crippen LogP contribution in [0.1, 0.15) is 39.5 Å². The quantitative estimate of drug-likeness (QED) is 0.310. The summed E-state index contributed by atoms with van der Waals surface area (Å²) in [6, 6.07) is 0. The molecule has 38 fully saturated rings. The Hall–Kier alpha value is 0. The molecule has 0 heteroatoms. The Bertz CT molecular complexity index is 3580. The predicted molar refractivity (Wildman–Crippen MR) is 177 cm³/mol. The maximum absolute atomic E-state index is 3.06. The van der Waals surface area contributed by atoms with E-state index < -0.39 is 0 Å². The van der Waals surface area contributed by atoms with Crippen LogP contribution in [0.4, 0.5) is 0 Å². The summed E-state index contributed by atoms with van der Waals surface area (Å²) >= 11 is 0. The van der Waals surface area contributed by atoms with Gasteiger partial charge in [-0.3, -0.25) is 0 Å². The molecule has 0 heterocycles. The summed E-state index contributed by atoms with van der Waals surface area (Å²) in [7, 11) is 0. The molecule has 38 saturated carbocycles. The topological polar surface area (TPSA) is 0 Å². The molecular formula is C56H38. The third-order valence-corrected chi connectivity index (χ3v) is 47.4. The fourth-order valence-corrected chi connectivity index (χ4v) is 60.0. The molecule has 0 aromatic carbocycles. The predicted octanol–water partition coefficient (Wildman–Crippen LogP) is 5.54. The van der Waals surface area contributed by atoms with Crippen molar-refractivity contribution in [2.75, 3.05) is 0 Å². The molecule has 0 radical (unpaired) electrons. The minimum atomic E-state index is 0.967. The highest BCUT2D eigenvalue weighted by Crippen LogP contribution is 3.72. The van der Waals surface area contributed by atoms with Crippen molar-refractivity contribution in [2.45, 2.75) is 39.5 Å². The van der Waals surface area contributed by atoms with Crippen molar-refractivity contribution < 1.29 is 0 Å². The van der Waals surface area contributed by atoms with Crippen molar-refractivity contribution in [3.8, 4) is 0 Å². The molecule has 50 unspecified atom stereocenters. The first-order chi connectivity index (χ1) is 27.7. The summed E-state index contributed by atoms with van der Waals surface area (Å²) in [5, 5.41) is 0. The minimum absolute atomic E-state index is 0.967. The Balaban J connectivity index is 0.840. The summed E-state index contributed by atoms with van der Waals surface area (Å²) in [4.78, 5) is 0. The van der Waals surface area contributed by atoms with Gasteiger partial charge in [0, 0.05) is 0 Å². The van der Waals surface area contributed by atoms with Gasteiger partial charge in [0.25, 0.3) is 0 Å². The Morgan fingerprint density at radius 3 is 1.71 bits per heavy atom. The Morgan fingerprint density at radius 2 is 0.946 bits per heavy atom. The van der Waals surface area contributed by atoms with Crippen LogP contribution in [0.2, 0.25) is 0 Å². The third-order valence-electron chi connectivity index (χ3n) is 47.4. The van der Waals surface area contributed by atoms with E-state index in [0.717, 1.165) is 141 Å². The van der Waals surface area contributed by atoms with Gasteiger partial charge in [-0.05, 0) is 309 Å². The second-order valence-corrected chi connectivity index (χ2v) is 35.8. The molecule has 0 aliphatic heterocycles. The summed E-state index contributed by atoms with van der Waals surface area (Å²) < 4.78 is 0. The van der Waals surface area contributed by atoms with E-state index in [1.807, 2.05) is 25.7 Å². The SMILES string of the molecule is CC1C2CC3C4C5C6C7CC8C9C%10C%11C%12CC%13C%14C%15C%16C%17CC%18%19C(C)C%20C%21C1C21C%21(C%20%18)C2%18C%20C%17%19C%16%17C%15%16C%14%15C%13%12C%11%12C%10%11C9%10C78C67C56C45C3C12C51C%182C%20%17C%163C%15%12C%114C7%10C61C234. The monoisotopic (exact) mass is 710 g/mol. The van der Waals surface area contributed by atoms with Crippen molar-refractivity contribution in [1.82, 2.24) is 0 Å². The first-order valence-corrected chi connectivity index (χ1v) is 27.7. The fraction of sp³-hybridized carbons (Fsp3) is 1.00. The number of fused-ring (bicyclic) bond motifs is 14. The van der Waals surface area contributed by atoms with E-state index in [4.69, 9.17) is 0 Å². The van der Waals surface area contributed by atoms with Gasteiger partial charge in [0.15, 0.2) is 0 Å². The zero-order valence-electron chi connectivity index (χ0n) is 31.7. The number of hydrogen-bond donors (Lipinski definition) is 0. The molecule has 38 aliphatic rings. The van der Waals surface area contributed by atoms with Gasteiger partial charge in [0.2, 0.25) is 0 Å². The average molecular weight is 711 g/mol. The first kappa shape index (κ1) is 19.6. The molecule has 0 nitrogen and oxygen atoms in total. The highest BCUT2D eigenvalue weighted by atomic mass is 15.7. The molecule has 0 aromatic rings. The smallest absolute Gasteiger partial charge is 0.0000716 e. The molecule has 0 bridgehead atoms. The lowest BCUT2D eigenvalue weighted by molar-refractivity contribution is -1.24. The van der Waals surface area contributed by atoms with Crippen LogP contribution in [0, 0.1) is 283 Å². The normalized spacial score (nSPS) is 137. The summed E-state index contributed by atoms with van der Waals surface area (Å²) in [5.74, 6) is 32.5. The van der Waals surface area contributed by atoms with Gasteiger partial charge in [-0.2, -0.15) is 0 Å². The van der Waals surface area contributed by atoms with Gasteiger partial charge in [-0.15, -0.1) is 0 Å². The van der Waals surface area contributed by atoms with Crippen molar-refractivity contribution >= 4 is 0 Å². The maximum Gasteiger partial charge on any atom is -0.0000716 e. The van der Waals surface area contributed by atoms with Gasteiger partial charge < -0.3 is 0 Å². The summed E-state index contributed by atoms with van der Waals surface area (Å²) in [6.07, 6.45) is 7.46. The van der Waals surface area contributed by atoms with Crippen molar-refractivity contribution in [3.63, 3.8) is 0 Å². The van der Waals surface area contributed by atoms with Crippen molar-refractivity contribution in [1.29, 1.82) is 0 Å². The lowest BCUT2D eigenvalue weighted by atomic mass is 8.33. The van der Waals surface area contributed by atoms with Crippen LogP contribution in [-0.2, 0) is 0 Å². The second kappa shape index (κ2) is 2.98. The highest BCUT2D eigenvalue weighted by molar-refractivity contribution is 6.15. The van der Waals surface area contributed by atoms with Gasteiger partial charge >= 0.3 is 0 Å². The molecule has 50 atom stereocenters. The van der Waals surface area contributed by atoms with Crippen molar-refractivity contribution in [3.05, 3.63) is 0 Å². The van der Waals surface area contributed by atoms with E-state index in [9.17, 15) is 0 Å². The van der Waals surface area contributed by atoms with Crippen LogP contribution in [0.15, 0.2) is 0 Å². The van der Waals surface area contributed by atoms with Crippen LogP contribution >= 0.6 is 0 Å². The molecule has 56 heavy (non-hydrogen) atoms. The minimum Gasteiger partial charge on any atom is -0.0619 e. The van der Waals surface area contributed by atoms with Crippen LogP contribution in [0.25, 0.3) is 0 Å². The van der Waals surface area contributed by atoms with Crippen LogP contribution in [0.3, 0.4) is 0 Å². The van der Waals surface area contributed by atoms with Crippen LogP contribution in [-0.4, -0.2) is 0 Å². The Labute approximate surface area is 321 Å². The summed E-state index contributed by atoms with van der Waals surface area (Å²) in [6.45, 7) is 6.05. The molecule has 0 aromatic heterocycles. The van der Waals surface area contributed by atoms with Gasteiger partial charge in [-0.1, -0.05) is 13.8 Å². The zero-order valence-corrected chi connectivity index (χ0v) is 31.7. The molecule has 38 rings (SSSR count). The first-order valence-electron chi connectivity index (χ1n) is 27.7. The molecule has 26 spiro atoms. The second-order valence-electron chi connectivity index (χ2n) is 35.8. The fourth-order valence-electron chi connectivity index (χ4n) is 60.0. The lowest BCUT2D eigenvalue weighted by Gasteiger charge is -3.68. The van der Waals surface area contributed by atoms with E-state index in [0.29, 0.717) is 0 Å². The largest absolute Gasteiger partial charge is 0.0619 e. The average Bonchev–Trinajstić information content (AvgIpc) is 3.07. The van der Waals surface area contributed by atoms with E-state index in [2.05, 4.69) is 13.8 Å². The van der Waals surface area contributed by atoms with Gasteiger partial charge in [0.1, 0.15) is 0 Å². The maximum atomic E-state index is 3.06. The molecule has 262 valence electrons. The van der Waals surface area contributed by atoms with Gasteiger partial charge in [0.05, 0.1) is 0 Å². The highest BCUT2D eigenvalue weighted by Gasteiger charge is 3.71. The van der Waals surface area contributed by atoms with Crippen LogP contribution in [0.5, 0.6) is 0 Å². The van der Waals surface area contributed by atoms with E-state index in [-0.39, 0.29) is 0 Å². The standard InChI is InChI=1S/C56H38/c1-7-10-3-9-18-25-19-11-4-12-21-26-20-13-5-14-22-27-23-15-6-31-8(2)16-24-17(7)34(10)36(24,29(16)31)47-30-35(15,31)38(23)44(27)40(22)33(13,14)41(20)45(26)42(21)32(11,12)39(19)43(25)37(18)28(9)46(34,47)49(37)53(47)48(30,38)52(44)50(40,41)55(45)51(39,42)54(43,49)56(52,53)55/h7-30H,3-6H2,1-2H3. The zero-order chi connectivity index (χ0) is 31.7. The summed E-state index contributed by atoms with van der Waals surface area (Å²) in [5.41, 5.74) is 28.4. The molecule has 0 amide bonds. The Kier molecular flexibility index (Phi) is 1.04. The molecule has 38 aliphatic carbocycles. The van der Waals surface area contributed by atoms with E-state index in [1.54, 1.807) is 0 Å². The van der Waals surface area contributed by atoms with E-state index >= 15 is 0 Å². The van der Waals surface area contributed by atoms with Gasteiger partial charge in [-0.25, -0.2) is 0 Å². The molecule has 0 saturated heterocycles. The lowest BCUT2D eigenvalue weighted by Crippen LogP contribution is -3.68. The molecular weight excluding hydrogens is 673 g/mol. The third kappa shape index (κ3) is 0.430. The number of rotatable bonds is 0. The Morgan fingerprint density at radius 1 is 0.339 bits per heavy atom. The molecule has 0 N–H and O–H groups in total. The number of hydrogen-bond acceptors (Lipinski definition) is 0. The van der Waals surface area contributed by atoms with Crippen LogP contribution < -0.4 is 0 Å². The van der Waals surface area contributed by atoms with E-state index in [1.165, 1.54) is 142 Å².